The number of methoxy groups -OCH3 is 1. The Morgan fingerprint density at radius 1 is 1.00 bits per heavy atom. The van der Waals surface area contributed by atoms with Crippen molar-refractivity contribution >= 4 is 22.7 Å². The highest BCUT2D eigenvalue weighted by molar-refractivity contribution is 5.65. The summed E-state index contributed by atoms with van der Waals surface area (Å²) in [5, 5.41) is 17.6. The van der Waals surface area contributed by atoms with Crippen molar-refractivity contribution in [1.82, 2.24) is 0 Å². The molecule has 2 rings (SSSR count). The summed E-state index contributed by atoms with van der Waals surface area (Å²) in [4.78, 5) is 0. The van der Waals surface area contributed by atoms with Crippen molar-refractivity contribution in [2.75, 3.05) is 18.6 Å². The molecule has 0 aliphatic heterocycles. The van der Waals surface area contributed by atoms with Gasteiger partial charge in [0.05, 0.1) is 12.8 Å². The molecule has 0 aromatic heterocycles. The van der Waals surface area contributed by atoms with Gasteiger partial charge in [-0.15, -0.1) is 10.2 Å². The molecule has 0 bridgehead atoms. The number of nitrogens with zero attached hydrogens (tertiary/aromatic N) is 2. The highest BCUT2D eigenvalue weighted by atomic mass is 16.5. The first-order valence-electron chi connectivity index (χ1n) is 5.54. The number of anilines is 2. The van der Waals surface area contributed by atoms with E-state index < -0.39 is 0 Å². The topological polar surface area (TPSA) is 106 Å². The minimum Gasteiger partial charge on any atom is -0.506 e. The van der Waals surface area contributed by atoms with E-state index in [-0.39, 0.29) is 5.75 Å². The highest BCUT2D eigenvalue weighted by Gasteiger charge is 2.02. The number of benzene rings is 2. The second-order valence-electron chi connectivity index (χ2n) is 3.87. The molecule has 0 aliphatic carbocycles. The first kappa shape index (κ1) is 12.7. The Morgan fingerprint density at radius 2 is 1.68 bits per heavy atom. The molecule has 0 saturated heterocycles. The molecule has 19 heavy (non-hydrogen) atoms. The third-order valence-electron chi connectivity index (χ3n) is 2.50. The largest absolute Gasteiger partial charge is 0.506 e. The standard InChI is InChI=1S/C13H14N4O2/c1-19-9-3-5-11(10(15)7-9)16-17-12-4-2-8(14)6-13(12)18/h2-7,18H,14-15H2,1H3. The number of aromatic hydroxyl groups is 1. The predicted octanol–water partition coefficient (Wildman–Crippen LogP) is 2.98. The molecule has 0 spiro atoms. The average molecular weight is 258 g/mol. The van der Waals surface area contributed by atoms with Crippen LogP contribution in [0.2, 0.25) is 0 Å². The van der Waals surface area contributed by atoms with Crippen molar-refractivity contribution in [3.8, 4) is 11.5 Å². The summed E-state index contributed by atoms with van der Waals surface area (Å²) in [6, 6.07) is 9.68. The molecule has 0 fully saturated rings. The summed E-state index contributed by atoms with van der Waals surface area (Å²) in [6.07, 6.45) is 0. The maximum atomic E-state index is 9.64. The summed E-state index contributed by atoms with van der Waals surface area (Å²) in [5.41, 5.74) is 13.1. The van der Waals surface area contributed by atoms with E-state index in [0.29, 0.717) is 28.5 Å². The quantitative estimate of drug-likeness (QED) is 0.581. The lowest BCUT2D eigenvalue weighted by atomic mass is 10.2. The number of hydrogen-bond acceptors (Lipinski definition) is 6. The van der Waals surface area contributed by atoms with E-state index in [4.69, 9.17) is 16.2 Å². The lowest BCUT2D eigenvalue weighted by Gasteiger charge is -2.03. The predicted molar refractivity (Wildman–Crippen MR) is 74.1 cm³/mol. The maximum Gasteiger partial charge on any atom is 0.145 e. The Bertz CT molecular complexity index is 626. The van der Waals surface area contributed by atoms with E-state index in [1.54, 1.807) is 37.4 Å². The number of phenols is 1. The molecule has 0 aliphatic rings. The zero-order valence-corrected chi connectivity index (χ0v) is 10.4. The molecule has 0 saturated carbocycles. The van der Waals surface area contributed by atoms with Crippen LogP contribution in [0.3, 0.4) is 0 Å². The molecule has 6 nitrogen and oxygen atoms in total. The van der Waals surface area contributed by atoms with E-state index in [0.717, 1.165) is 0 Å². The Balaban J connectivity index is 2.27. The second-order valence-corrected chi connectivity index (χ2v) is 3.87. The third-order valence-corrected chi connectivity index (χ3v) is 2.50. The van der Waals surface area contributed by atoms with Gasteiger partial charge < -0.3 is 21.3 Å². The zero-order valence-electron chi connectivity index (χ0n) is 10.4. The molecule has 0 unspecified atom stereocenters. The van der Waals surface area contributed by atoms with Gasteiger partial charge in [-0.25, -0.2) is 0 Å². The van der Waals surface area contributed by atoms with Gasteiger partial charge in [0.1, 0.15) is 22.9 Å². The summed E-state index contributed by atoms with van der Waals surface area (Å²) >= 11 is 0. The number of phenolic OH excluding ortho intramolecular Hbond substituents is 1. The minimum atomic E-state index is -0.0316. The van der Waals surface area contributed by atoms with Crippen LogP contribution in [0, 0.1) is 0 Å². The van der Waals surface area contributed by atoms with Crippen LogP contribution in [0.1, 0.15) is 0 Å². The maximum absolute atomic E-state index is 9.64. The van der Waals surface area contributed by atoms with Crippen LogP contribution in [0.25, 0.3) is 0 Å². The van der Waals surface area contributed by atoms with Crippen LogP contribution in [-0.4, -0.2) is 12.2 Å². The van der Waals surface area contributed by atoms with Crippen molar-refractivity contribution < 1.29 is 9.84 Å². The fourth-order valence-corrected chi connectivity index (χ4v) is 1.48. The van der Waals surface area contributed by atoms with Gasteiger partial charge in [-0.05, 0) is 24.3 Å². The van der Waals surface area contributed by atoms with E-state index in [9.17, 15) is 5.11 Å². The minimum absolute atomic E-state index is 0.0316. The number of nitrogen functional groups attached to an aromatic ring is 2. The molecule has 98 valence electrons. The van der Waals surface area contributed by atoms with E-state index in [2.05, 4.69) is 10.2 Å². The molecule has 0 atom stereocenters. The van der Waals surface area contributed by atoms with Gasteiger partial charge in [0, 0.05) is 17.8 Å². The van der Waals surface area contributed by atoms with Gasteiger partial charge in [0.15, 0.2) is 0 Å². The van der Waals surface area contributed by atoms with Crippen molar-refractivity contribution in [3.63, 3.8) is 0 Å². The summed E-state index contributed by atoms with van der Waals surface area (Å²) < 4.78 is 5.04. The third kappa shape index (κ3) is 2.92. The summed E-state index contributed by atoms with van der Waals surface area (Å²) in [5.74, 6) is 0.614. The van der Waals surface area contributed by atoms with Crippen molar-refractivity contribution in [1.29, 1.82) is 0 Å². The molecular weight excluding hydrogens is 244 g/mol. The fraction of sp³-hybridized carbons (Fsp3) is 0.0769. The Morgan fingerprint density at radius 3 is 2.32 bits per heavy atom. The normalized spacial score (nSPS) is 10.8. The first-order valence-corrected chi connectivity index (χ1v) is 5.54. The number of ether oxygens (including phenoxy) is 1. The molecule has 0 heterocycles. The molecule has 5 N–H and O–H groups in total. The summed E-state index contributed by atoms with van der Waals surface area (Å²) in [7, 11) is 1.56. The second kappa shape index (κ2) is 5.26. The zero-order chi connectivity index (χ0) is 13.8. The number of nitrogens with two attached hydrogens (primary N) is 2. The first-order chi connectivity index (χ1) is 9.10. The lowest BCUT2D eigenvalue weighted by Crippen LogP contribution is -1.88. The van der Waals surface area contributed by atoms with Crippen LogP contribution < -0.4 is 16.2 Å². The molecular formula is C13H14N4O2. The van der Waals surface area contributed by atoms with Crippen LogP contribution in [0.15, 0.2) is 46.6 Å². The number of hydrogen-bond donors (Lipinski definition) is 3. The molecule has 6 heteroatoms. The van der Waals surface area contributed by atoms with Gasteiger partial charge in [0.25, 0.3) is 0 Å². The summed E-state index contributed by atoms with van der Waals surface area (Å²) in [6.45, 7) is 0. The van der Waals surface area contributed by atoms with Crippen molar-refractivity contribution in [2.24, 2.45) is 10.2 Å². The van der Waals surface area contributed by atoms with Gasteiger partial charge in [-0.2, -0.15) is 0 Å². The van der Waals surface area contributed by atoms with Crippen LogP contribution in [-0.2, 0) is 0 Å². The van der Waals surface area contributed by atoms with Crippen LogP contribution >= 0.6 is 0 Å². The van der Waals surface area contributed by atoms with Crippen molar-refractivity contribution in [2.45, 2.75) is 0 Å². The molecule has 0 amide bonds. The Labute approximate surface area is 110 Å². The van der Waals surface area contributed by atoms with Gasteiger partial charge >= 0.3 is 0 Å². The van der Waals surface area contributed by atoms with E-state index in [1.165, 1.54) is 6.07 Å². The van der Waals surface area contributed by atoms with Gasteiger partial charge in [-0.1, -0.05) is 0 Å². The molecule has 0 radical (unpaired) electrons. The number of azo groups is 1. The lowest BCUT2D eigenvalue weighted by molar-refractivity contribution is 0.415. The number of rotatable bonds is 3. The SMILES string of the molecule is COc1ccc(N=Nc2ccc(N)cc2O)c(N)c1. The van der Waals surface area contributed by atoms with E-state index >= 15 is 0 Å². The van der Waals surface area contributed by atoms with Gasteiger partial charge in [-0.3, -0.25) is 0 Å². The van der Waals surface area contributed by atoms with Gasteiger partial charge in [0.2, 0.25) is 0 Å². The van der Waals surface area contributed by atoms with Crippen LogP contribution in [0.4, 0.5) is 22.7 Å². The highest BCUT2D eigenvalue weighted by Crippen LogP contribution is 2.32. The van der Waals surface area contributed by atoms with Crippen LogP contribution in [0.5, 0.6) is 11.5 Å². The smallest absolute Gasteiger partial charge is 0.145 e. The van der Waals surface area contributed by atoms with E-state index in [1.807, 2.05) is 0 Å². The molecule has 2 aromatic rings. The average Bonchev–Trinajstić information content (AvgIpc) is 2.39. The fourth-order valence-electron chi connectivity index (χ4n) is 1.48. The molecule has 2 aromatic carbocycles. The van der Waals surface area contributed by atoms with Crippen molar-refractivity contribution in [3.05, 3.63) is 36.4 Å². The monoisotopic (exact) mass is 258 g/mol. The Hall–Kier alpha value is -2.76. The Kier molecular flexibility index (Phi) is 3.51.